The average molecular weight is 217 g/mol. The van der Waals surface area contributed by atoms with Gasteiger partial charge in [0.1, 0.15) is 5.82 Å². The molecule has 1 atom stereocenters. The fourth-order valence-electron chi connectivity index (χ4n) is 1.03. The van der Waals surface area contributed by atoms with Crippen molar-refractivity contribution in [2.75, 3.05) is 6.54 Å². The lowest BCUT2D eigenvalue weighted by molar-refractivity contribution is 0.555. The molecule has 0 amide bonds. The quantitative estimate of drug-likeness (QED) is 0.807. The predicted octanol–water partition coefficient (Wildman–Crippen LogP) is 1.92. The van der Waals surface area contributed by atoms with Crippen LogP contribution in [0, 0.1) is 5.82 Å². The molecule has 1 rings (SSSR count). The molecule has 0 saturated heterocycles. The van der Waals surface area contributed by atoms with Gasteiger partial charge in [0.05, 0.1) is 5.02 Å². The van der Waals surface area contributed by atoms with Crippen molar-refractivity contribution >= 4 is 11.6 Å². The third kappa shape index (κ3) is 3.25. The maximum Gasteiger partial charge on any atom is 0.141 e. The number of hydrogen-bond donors (Lipinski definition) is 2. The molecular weight excluding hydrogens is 203 g/mol. The molecule has 78 valence electrons. The minimum absolute atomic E-state index is 0.157. The monoisotopic (exact) mass is 216 g/mol. The Hall–Kier alpha value is -0.640. The van der Waals surface area contributed by atoms with Crippen LogP contribution >= 0.6 is 11.6 Å². The van der Waals surface area contributed by atoms with Gasteiger partial charge in [0, 0.05) is 19.1 Å². The maximum atomic E-state index is 12.8. The highest BCUT2D eigenvalue weighted by Crippen LogP contribution is 2.15. The van der Waals surface area contributed by atoms with Crippen LogP contribution in [-0.4, -0.2) is 12.6 Å². The molecule has 0 bridgehead atoms. The van der Waals surface area contributed by atoms with Gasteiger partial charge in [0.25, 0.3) is 0 Å². The zero-order chi connectivity index (χ0) is 10.6. The molecule has 0 aliphatic rings. The first-order chi connectivity index (χ1) is 6.63. The van der Waals surface area contributed by atoms with Crippen LogP contribution in [0.3, 0.4) is 0 Å². The third-order valence-electron chi connectivity index (χ3n) is 1.99. The molecule has 0 aliphatic carbocycles. The molecule has 0 aromatic heterocycles. The summed E-state index contributed by atoms with van der Waals surface area (Å²) in [5, 5.41) is 3.35. The van der Waals surface area contributed by atoms with E-state index in [1.807, 2.05) is 6.92 Å². The maximum absolute atomic E-state index is 12.8. The molecule has 2 nitrogen and oxygen atoms in total. The number of rotatable bonds is 4. The topological polar surface area (TPSA) is 38.0 Å². The van der Waals surface area contributed by atoms with Crippen LogP contribution in [-0.2, 0) is 6.54 Å². The van der Waals surface area contributed by atoms with E-state index >= 15 is 0 Å². The van der Waals surface area contributed by atoms with Crippen LogP contribution in [0.2, 0.25) is 5.02 Å². The second-order valence-electron chi connectivity index (χ2n) is 3.27. The second kappa shape index (κ2) is 5.29. The molecule has 0 aliphatic heterocycles. The van der Waals surface area contributed by atoms with E-state index in [9.17, 15) is 4.39 Å². The highest BCUT2D eigenvalue weighted by molar-refractivity contribution is 6.30. The normalized spacial score (nSPS) is 12.9. The van der Waals surface area contributed by atoms with Crippen LogP contribution in [0.4, 0.5) is 4.39 Å². The van der Waals surface area contributed by atoms with Gasteiger partial charge in [-0.1, -0.05) is 17.7 Å². The fraction of sp³-hybridized carbons (Fsp3) is 0.400. The van der Waals surface area contributed by atoms with Crippen LogP contribution < -0.4 is 11.1 Å². The molecule has 0 fully saturated rings. The molecule has 4 heteroatoms. The van der Waals surface area contributed by atoms with Crippen molar-refractivity contribution in [2.24, 2.45) is 5.73 Å². The van der Waals surface area contributed by atoms with Gasteiger partial charge in [0.2, 0.25) is 0 Å². The van der Waals surface area contributed by atoms with Crippen molar-refractivity contribution in [3.8, 4) is 0 Å². The highest BCUT2D eigenvalue weighted by atomic mass is 35.5. The molecule has 0 spiro atoms. The van der Waals surface area contributed by atoms with Crippen molar-refractivity contribution in [3.63, 3.8) is 0 Å². The van der Waals surface area contributed by atoms with Crippen molar-refractivity contribution in [2.45, 2.75) is 19.5 Å². The molecule has 1 aromatic rings. The van der Waals surface area contributed by atoms with Crippen molar-refractivity contribution in [1.82, 2.24) is 5.32 Å². The SMILES string of the molecule is C[C@@H](CN)NCc1ccc(F)c(Cl)c1. The predicted molar refractivity (Wildman–Crippen MR) is 56.8 cm³/mol. The number of benzene rings is 1. The van der Waals surface area contributed by atoms with Gasteiger partial charge in [0.15, 0.2) is 0 Å². The smallest absolute Gasteiger partial charge is 0.141 e. The van der Waals surface area contributed by atoms with Crippen molar-refractivity contribution in [1.29, 1.82) is 0 Å². The standard InChI is InChI=1S/C10H14ClFN2/c1-7(5-13)14-6-8-2-3-10(12)9(11)4-8/h2-4,7,14H,5-6,13H2,1H3/t7-/m0/s1. The fourth-order valence-corrected chi connectivity index (χ4v) is 1.23. The van der Waals surface area contributed by atoms with E-state index in [0.29, 0.717) is 13.1 Å². The lowest BCUT2D eigenvalue weighted by Crippen LogP contribution is -2.32. The van der Waals surface area contributed by atoms with Gasteiger partial charge in [-0.15, -0.1) is 0 Å². The third-order valence-corrected chi connectivity index (χ3v) is 2.28. The highest BCUT2D eigenvalue weighted by Gasteiger charge is 2.02. The Balaban J connectivity index is 2.55. The second-order valence-corrected chi connectivity index (χ2v) is 3.67. The molecule has 1 aromatic carbocycles. The van der Waals surface area contributed by atoms with E-state index in [1.165, 1.54) is 6.07 Å². The Morgan fingerprint density at radius 3 is 2.86 bits per heavy atom. The van der Waals surface area contributed by atoms with Crippen molar-refractivity contribution < 1.29 is 4.39 Å². The first-order valence-electron chi connectivity index (χ1n) is 4.51. The zero-order valence-electron chi connectivity index (χ0n) is 8.06. The van der Waals surface area contributed by atoms with Gasteiger partial charge >= 0.3 is 0 Å². The molecular formula is C10H14ClFN2. The lowest BCUT2D eigenvalue weighted by Gasteiger charge is -2.11. The summed E-state index contributed by atoms with van der Waals surface area (Å²) in [5.74, 6) is -0.387. The Morgan fingerprint density at radius 1 is 1.57 bits per heavy atom. The Kier molecular flexibility index (Phi) is 4.32. The van der Waals surface area contributed by atoms with E-state index in [0.717, 1.165) is 5.56 Å². The first-order valence-corrected chi connectivity index (χ1v) is 4.88. The molecule has 14 heavy (non-hydrogen) atoms. The van der Waals surface area contributed by atoms with E-state index < -0.39 is 0 Å². The Morgan fingerprint density at radius 2 is 2.29 bits per heavy atom. The van der Waals surface area contributed by atoms with E-state index in [2.05, 4.69) is 5.32 Å². The van der Waals surface area contributed by atoms with E-state index in [4.69, 9.17) is 17.3 Å². The largest absolute Gasteiger partial charge is 0.329 e. The van der Waals surface area contributed by atoms with Crippen LogP contribution in [0.5, 0.6) is 0 Å². The number of nitrogens with two attached hydrogens (primary N) is 1. The number of hydrogen-bond acceptors (Lipinski definition) is 2. The molecule has 3 N–H and O–H groups in total. The minimum atomic E-state index is -0.387. The average Bonchev–Trinajstić information content (AvgIpc) is 2.19. The summed E-state index contributed by atoms with van der Waals surface area (Å²) in [5.41, 5.74) is 6.40. The van der Waals surface area contributed by atoms with Gasteiger partial charge < -0.3 is 11.1 Å². The first kappa shape index (κ1) is 11.4. The Labute approximate surface area is 88.2 Å². The molecule has 0 unspecified atom stereocenters. The van der Waals surface area contributed by atoms with Crippen LogP contribution in [0.15, 0.2) is 18.2 Å². The van der Waals surface area contributed by atoms with E-state index in [-0.39, 0.29) is 16.9 Å². The summed E-state index contributed by atoms with van der Waals surface area (Å²) in [4.78, 5) is 0. The van der Waals surface area contributed by atoms with Gasteiger partial charge in [-0.05, 0) is 24.6 Å². The van der Waals surface area contributed by atoms with E-state index in [1.54, 1.807) is 12.1 Å². The summed E-state index contributed by atoms with van der Waals surface area (Å²) in [7, 11) is 0. The summed E-state index contributed by atoms with van der Waals surface area (Å²) < 4.78 is 12.8. The Bertz CT molecular complexity index is 304. The van der Waals surface area contributed by atoms with Crippen molar-refractivity contribution in [3.05, 3.63) is 34.6 Å². The lowest BCUT2D eigenvalue weighted by atomic mass is 10.2. The summed E-state index contributed by atoms with van der Waals surface area (Å²) in [6.45, 7) is 3.22. The zero-order valence-corrected chi connectivity index (χ0v) is 8.81. The van der Waals surface area contributed by atoms with Crippen LogP contribution in [0.25, 0.3) is 0 Å². The molecule has 0 saturated carbocycles. The minimum Gasteiger partial charge on any atom is -0.329 e. The number of nitrogens with one attached hydrogen (secondary N) is 1. The summed E-state index contributed by atoms with van der Waals surface area (Å²) in [6.07, 6.45) is 0. The van der Waals surface area contributed by atoms with Gasteiger partial charge in [-0.3, -0.25) is 0 Å². The number of halogens is 2. The van der Waals surface area contributed by atoms with Gasteiger partial charge in [-0.2, -0.15) is 0 Å². The van der Waals surface area contributed by atoms with Gasteiger partial charge in [-0.25, -0.2) is 4.39 Å². The summed E-state index contributed by atoms with van der Waals surface area (Å²) >= 11 is 5.64. The molecule has 0 heterocycles. The molecule has 0 radical (unpaired) electrons. The summed E-state index contributed by atoms with van der Waals surface area (Å²) in [6, 6.07) is 4.94. The van der Waals surface area contributed by atoms with Crippen LogP contribution in [0.1, 0.15) is 12.5 Å².